The molecule has 0 heterocycles. The lowest BCUT2D eigenvalue weighted by molar-refractivity contribution is 0.0600. The number of aryl methyl sites for hydroxylation is 1. The molecule has 5 heteroatoms. The third-order valence-electron chi connectivity index (χ3n) is 3.03. The van der Waals surface area contributed by atoms with Gasteiger partial charge in [-0.15, -0.1) is 0 Å². The van der Waals surface area contributed by atoms with Crippen molar-refractivity contribution in [2.24, 2.45) is 0 Å². The van der Waals surface area contributed by atoms with E-state index in [0.717, 1.165) is 11.6 Å². The summed E-state index contributed by atoms with van der Waals surface area (Å²) in [5.74, 6) is -1.65. The number of benzene rings is 2. The molecule has 21 heavy (non-hydrogen) atoms. The normalized spacial score (nSPS) is 10.0. The molecule has 0 atom stereocenters. The summed E-state index contributed by atoms with van der Waals surface area (Å²) in [4.78, 5) is 23.6. The fraction of sp³-hybridized carbons (Fsp3) is 0.125. The SMILES string of the molecule is COC(=O)c1ccc(F)c(NC(=O)c2ccccc2C)c1. The molecular weight excluding hydrogens is 273 g/mol. The van der Waals surface area contributed by atoms with Crippen LogP contribution in [0.25, 0.3) is 0 Å². The number of hydrogen-bond donors (Lipinski definition) is 1. The summed E-state index contributed by atoms with van der Waals surface area (Å²) >= 11 is 0. The van der Waals surface area contributed by atoms with Gasteiger partial charge in [0.1, 0.15) is 5.82 Å². The van der Waals surface area contributed by atoms with Crippen molar-refractivity contribution in [1.82, 2.24) is 0 Å². The van der Waals surface area contributed by atoms with E-state index >= 15 is 0 Å². The van der Waals surface area contributed by atoms with Crippen LogP contribution in [-0.4, -0.2) is 19.0 Å². The van der Waals surface area contributed by atoms with E-state index in [1.54, 1.807) is 25.1 Å². The quantitative estimate of drug-likeness (QED) is 0.882. The lowest BCUT2D eigenvalue weighted by Crippen LogP contribution is -2.15. The third-order valence-corrected chi connectivity index (χ3v) is 3.03. The fourth-order valence-electron chi connectivity index (χ4n) is 1.88. The predicted molar refractivity (Wildman–Crippen MR) is 76.9 cm³/mol. The molecule has 2 aromatic rings. The van der Waals surface area contributed by atoms with Gasteiger partial charge in [-0.25, -0.2) is 9.18 Å². The van der Waals surface area contributed by atoms with Gasteiger partial charge in [-0.3, -0.25) is 4.79 Å². The van der Waals surface area contributed by atoms with E-state index in [-0.39, 0.29) is 11.3 Å². The molecule has 1 amide bonds. The van der Waals surface area contributed by atoms with Crippen LogP contribution in [0.4, 0.5) is 10.1 Å². The molecule has 0 unspecified atom stereocenters. The average molecular weight is 287 g/mol. The zero-order valence-electron chi connectivity index (χ0n) is 11.6. The first kappa shape index (κ1) is 14.7. The van der Waals surface area contributed by atoms with Crippen LogP contribution in [0.15, 0.2) is 42.5 Å². The molecule has 0 aliphatic carbocycles. The zero-order chi connectivity index (χ0) is 15.4. The number of ether oxygens (including phenoxy) is 1. The van der Waals surface area contributed by atoms with E-state index in [1.807, 2.05) is 6.07 Å². The Morgan fingerprint density at radius 3 is 2.52 bits per heavy atom. The Morgan fingerprint density at radius 1 is 1.14 bits per heavy atom. The number of methoxy groups -OCH3 is 1. The molecule has 2 aromatic carbocycles. The van der Waals surface area contributed by atoms with Crippen molar-refractivity contribution in [2.75, 3.05) is 12.4 Å². The van der Waals surface area contributed by atoms with E-state index in [2.05, 4.69) is 10.1 Å². The fourth-order valence-corrected chi connectivity index (χ4v) is 1.88. The first-order chi connectivity index (χ1) is 10.0. The minimum atomic E-state index is -0.621. The maximum Gasteiger partial charge on any atom is 0.337 e. The Morgan fingerprint density at radius 2 is 1.86 bits per heavy atom. The molecule has 0 aliphatic rings. The van der Waals surface area contributed by atoms with Crippen LogP contribution >= 0.6 is 0 Å². The molecule has 0 aromatic heterocycles. The number of anilines is 1. The highest BCUT2D eigenvalue weighted by Crippen LogP contribution is 2.18. The molecular formula is C16H14FNO3. The van der Waals surface area contributed by atoms with E-state index in [1.165, 1.54) is 19.2 Å². The average Bonchev–Trinajstić information content (AvgIpc) is 2.49. The topological polar surface area (TPSA) is 55.4 Å². The highest BCUT2D eigenvalue weighted by Gasteiger charge is 2.14. The maximum absolute atomic E-state index is 13.7. The molecule has 0 bridgehead atoms. The smallest absolute Gasteiger partial charge is 0.337 e. The molecule has 108 valence electrons. The Hall–Kier alpha value is -2.69. The van der Waals surface area contributed by atoms with Gasteiger partial charge in [-0.2, -0.15) is 0 Å². The van der Waals surface area contributed by atoms with Crippen LogP contribution in [0.1, 0.15) is 26.3 Å². The molecule has 0 saturated heterocycles. The van der Waals surface area contributed by atoms with Gasteiger partial charge in [-0.05, 0) is 36.8 Å². The van der Waals surface area contributed by atoms with E-state index in [9.17, 15) is 14.0 Å². The van der Waals surface area contributed by atoms with Gasteiger partial charge in [0.2, 0.25) is 0 Å². The second-order valence-corrected chi connectivity index (χ2v) is 4.46. The number of hydrogen-bond acceptors (Lipinski definition) is 3. The van der Waals surface area contributed by atoms with Crippen molar-refractivity contribution >= 4 is 17.6 Å². The molecule has 2 rings (SSSR count). The van der Waals surface area contributed by atoms with Crippen molar-refractivity contribution in [2.45, 2.75) is 6.92 Å². The number of amides is 1. The lowest BCUT2D eigenvalue weighted by atomic mass is 10.1. The van der Waals surface area contributed by atoms with Gasteiger partial charge < -0.3 is 10.1 Å². The summed E-state index contributed by atoms with van der Waals surface area (Å²) in [6.07, 6.45) is 0. The Labute approximate surface area is 121 Å². The van der Waals surface area contributed by atoms with Crippen molar-refractivity contribution < 1.29 is 18.7 Å². The first-order valence-electron chi connectivity index (χ1n) is 6.27. The maximum atomic E-state index is 13.7. The highest BCUT2D eigenvalue weighted by atomic mass is 19.1. The molecule has 0 saturated carbocycles. The van der Waals surface area contributed by atoms with Crippen LogP contribution in [-0.2, 0) is 4.74 Å². The van der Waals surface area contributed by atoms with Crippen LogP contribution in [0, 0.1) is 12.7 Å². The minimum Gasteiger partial charge on any atom is -0.465 e. The lowest BCUT2D eigenvalue weighted by Gasteiger charge is -2.09. The summed E-state index contributed by atoms with van der Waals surface area (Å²) < 4.78 is 18.3. The van der Waals surface area contributed by atoms with Crippen LogP contribution in [0.5, 0.6) is 0 Å². The molecule has 1 N–H and O–H groups in total. The third kappa shape index (κ3) is 3.25. The predicted octanol–water partition coefficient (Wildman–Crippen LogP) is 3.17. The molecule has 0 fully saturated rings. The second-order valence-electron chi connectivity index (χ2n) is 4.46. The number of esters is 1. The highest BCUT2D eigenvalue weighted by molar-refractivity contribution is 6.05. The van der Waals surface area contributed by atoms with Gasteiger partial charge in [-0.1, -0.05) is 18.2 Å². The Bertz CT molecular complexity index is 698. The van der Waals surface area contributed by atoms with E-state index in [0.29, 0.717) is 5.56 Å². The van der Waals surface area contributed by atoms with Gasteiger partial charge in [0.15, 0.2) is 0 Å². The summed E-state index contributed by atoms with van der Waals surface area (Å²) in [6.45, 7) is 1.79. The molecule has 0 aliphatic heterocycles. The number of halogens is 1. The van der Waals surface area contributed by atoms with E-state index in [4.69, 9.17) is 0 Å². The van der Waals surface area contributed by atoms with Gasteiger partial charge in [0.05, 0.1) is 18.4 Å². The Balaban J connectivity index is 2.29. The summed E-state index contributed by atoms with van der Waals surface area (Å²) in [6, 6.07) is 10.6. The largest absolute Gasteiger partial charge is 0.465 e. The number of rotatable bonds is 3. The number of nitrogens with one attached hydrogen (secondary N) is 1. The number of carbonyl (C=O) groups is 2. The van der Waals surface area contributed by atoms with E-state index < -0.39 is 17.7 Å². The molecule has 0 spiro atoms. The zero-order valence-corrected chi connectivity index (χ0v) is 11.6. The standard InChI is InChI=1S/C16H14FNO3/c1-10-5-3-4-6-12(10)15(19)18-14-9-11(16(20)21-2)7-8-13(14)17/h3-9H,1-2H3,(H,18,19). The summed E-state index contributed by atoms with van der Waals surface area (Å²) in [5.41, 5.74) is 1.32. The van der Waals surface area contributed by atoms with Crippen molar-refractivity contribution in [3.05, 3.63) is 65.0 Å². The first-order valence-corrected chi connectivity index (χ1v) is 6.27. The van der Waals surface area contributed by atoms with Crippen molar-refractivity contribution in [3.63, 3.8) is 0 Å². The number of carbonyl (C=O) groups excluding carboxylic acids is 2. The summed E-state index contributed by atoms with van der Waals surface area (Å²) in [5, 5.41) is 2.46. The van der Waals surface area contributed by atoms with Crippen molar-refractivity contribution in [1.29, 1.82) is 0 Å². The monoisotopic (exact) mass is 287 g/mol. The van der Waals surface area contributed by atoms with Gasteiger partial charge >= 0.3 is 5.97 Å². The molecule has 0 radical (unpaired) electrons. The minimum absolute atomic E-state index is 0.0637. The van der Waals surface area contributed by atoms with Crippen LogP contribution in [0.3, 0.4) is 0 Å². The summed E-state index contributed by atoms with van der Waals surface area (Å²) in [7, 11) is 1.23. The van der Waals surface area contributed by atoms with Crippen LogP contribution < -0.4 is 5.32 Å². The second kappa shape index (κ2) is 6.17. The van der Waals surface area contributed by atoms with Gasteiger partial charge in [0, 0.05) is 5.56 Å². The van der Waals surface area contributed by atoms with Gasteiger partial charge in [0.25, 0.3) is 5.91 Å². The van der Waals surface area contributed by atoms with Crippen molar-refractivity contribution in [3.8, 4) is 0 Å². The van der Waals surface area contributed by atoms with Crippen LogP contribution in [0.2, 0.25) is 0 Å². The molecule has 4 nitrogen and oxygen atoms in total. The Kier molecular flexibility index (Phi) is 4.33.